The van der Waals surface area contributed by atoms with Crippen LogP contribution in [-0.2, 0) is 4.79 Å². The Labute approximate surface area is 92.8 Å². The summed E-state index contributed by atoms with van der Waals surface area (Å²) in [4.78, 5) is 13.2. The molecule has 0 aliphatic carbocycles. The van der Waals surface area contributed by atoms with Gasteiger partial charge in [-0.2, -0.15) is 0 Å². The van der Waals surface area contributed by atoms with Crippen LogP contribution in [0.5, 0.6) is 5.75 Å². The van der Waals surface area contributed by atoms with Crippen LogP contribution in [0.4, 0.5) is 10.1 Å². The third-order valence-corrected chi connectivity index (χ3v) is 2.60. The maximum absolute atomic E-state index is 13.5. The van der Waals surface area contributed by atoms with E-state index in [9.17, 15) is 9.18 Å². The topological polar surface area (TPSA) is 55.6 Å². The van der Waals surface area contributed by atoms with Crippen LogP contribution < -0.4 is 15.4 Å². The normalized spacial score (nSPS) is 19.3. The van der Waals surface area contributed by atoms with Crippen molar-refractivity contribution in [1.82, 2.24) is 0 Å². The number of hydrogen-bond donors (Lipinski definition) is 1. The molecular weight excluding hydrogens is 211 g/mol. The number of para-hydroxylation sites is 1. The zero-order valence-electron chi connectivity index (χ0n) is 8.94. The summed E-state index contributed by atoms with van der Waals surface area (Å²) in [5, 5.41) is 0. The summed E-state index contributed by atoms with van der Waals surface area (Å²) in [6.45, 7) is 0.327. The predicted molar refractivity (Wildman–Crippen MR) is 57.9 cm³/mol. The third-order valence-electron chi connectivity index (χ3n) is 2.60. The number of ether oxygens (including phenoxy) is 1. The number of hydrogen-bond acceptors (Lipinski definition) is 3. The second-order valence-electron chi connectivity index (χ2n) is 3.67. The van der Waals surface area contributed by atoms with E-state index in [0.717, 1.165) is 0 Å². The zero-order valence-corrected chi connectivity index (χ0v) is 8.94. The first-order valence-electron chi connectivity index (χ1n) is 5.08. The average Bonchev–Trinajstić information content (AvgIpc) is 2.27. The van der Waals surface area contributed by atoms with Crippen molar-refractivity contribution >= 4 is 11.6 Å². The van der Waals surface area contributed by atoms with Crippen molar-refractivity contribution in [3.05, 3.63) is 24.0 Å². The van der Waals surface area contributed by atoms with Crippen LogP contribution in [0.3, 0.4) is 0 Å². The van der Waals surface area contributed by atoms with Gasteiger partial charge in [-0.25, -0.2) is 4.39 Å². The van der Waals surface area contributed by atoms with E-state index in [1.54, 1.807) is 19.2 Å². The van der Waals surface area contributed by atoms with E-state index in [4.69, 9.17) is 10.5 Å². The molecule has 5 heteroatoms. The van der Waals surface area contributed by atoms with Crippen molar-refractivity contribution in [2.24, 2.45) is 5.73 Å². The SMILES string of the molecule is CN1C(=O)C(CCN)Oc2c(F)cccc21. The number of carbonyl (C=O) groups is 1. The highest BCUT2D eigenvalue weighted by Gasteiger charge is 2.33. The highest BCUT2D eigenvalue weighted by atomic mass is 19.1. The maximum Gasteiger partial charge on any atom is 0.267 e. The van der Waals surface area contributed by atoms with Crippen molar-refractivity contribution in [2.75, 3.05) is 18.5 Å². The minimum atomic E-state index is -0.681. The molecule has 2 N–H and O–H groups in total. The molecule has 0 spiro atoms. The Morgan fingerprint density at radius 1 is 1.56 bits per heavy atom. The fourth-order valence-corrected chi connectivity index (χ4v) is 1.74. The molecule has 0 radical (unpaired) electrons. The number of anilines is 1. The van der Waals surface area contributed by atoms with Crippen molar-refractivity contribution in [3.8, 4) is 5.75 Å². The second kappa shape index (κ2) is 4.09. The van der Waals surface area contributed by atoms with Gasteiger partial charge in [0, 0.05) is 13.5 Å². The third kappa shape index (κ3) is 1.63. The van der Waals surface area contributed by atoms with E-state index in [1.165, 1.54) is 11.0 Å². The summed E-state index contributed by atoms with van der Waals surface area (Å²) >= 11 is 0. The van der Waals surface area contributed by atoms with Gasteiger partial charge in [0.2, 0.25) is 0 Å². The van der Waals surface area contributed by atoms with Gasteiger partial charge in [0.15, 0.2) is 17.7 Å². The second-order valence-corrected chi connectivity index (χ2v) is 3.67. The number of likely N-dealkylation sites (N-methyl/N-ethyl adjacent to an activating group) is 1. The van der Waals surface area contributed by atoms with E-state index in [0.29, 0.717) is 18.7 Å². The fourth-order valence-electron chi connectivity index (χ4n) is 1.74. The first-order valence-corrected chi connectivity index (χ1v) is 5.08. The number of amides is 1. The van der Waals surface area contributed by atoms with Crippen LogP contribution in [0.25, 0.3) is 0 Å². The van der Waals surface area contributed by atoms with Gasteiger partial charge in [0.25, 0.3) is 5.91 Å². The summed E-state index contributed by atoms with van der Waals surface area (Å²) in [6, 6.07) is 4.50. The number of fused-ring (bicyclic) bond motifs is 1. The van der Waals surface area contributed by atoms with Crippen LogP contribution in [0, 0.1) is 5.82 Å². The quantitative estimate of drug-likeness (QED) is 0.812. The molecule has 1 heterocycles. The van der Waals surface area contributed by atoms with E-state index in [-0.39, 0.29) is 11.7 Å². The number of benzene rings is 1. The van der Waals surface area contributed by atoms with Crippen molar-refractivity contribution in [2.45, 2.75) is 12.5 Å². The minimum absolute atomic E-state index is 0.128. The molecule has 1 amide bonds. The zero-order chi connectivity index (χ0) is 11.7. The molecule has 1 aliphatic rings. The van der Waals surface area contributed by atoms with Gasteiger partial charge in [-0.05, 0) is 18.7 Å². The lowest BCUT2D eigenvalue weighted by Crippen LogP contribution is -2.44. The molecule has 2 rings (SSSR count). The molecule has 0 fully saturated rings. The van der Waals surface area contributed by atoms with Gasteiger partial charge in [-0.1, -0.05) is 6.07 Å². The van der Waals surface area contributed by atoms with Gasteiger partial charge in [-0.3, -0.25) is 4.79 Å². The smallest absolute Gasteiger partial charge is 0.267 e. The van der Waals surface area contributed by atoms with Crippen molar-refractivity contribution in [1.29, 1.82) is 0 Å². The number of nitrogens with two attached hydrogens (primary N) is 1. The Balaban J connectivity index is 2.40. The first kappa shape index (κ1) is 10.9. The van der Waals surface area contributed by atoms with Crippen LogP contribution in [0.15, 0.2) is 18.2 Å². The monoisotopic (exact) mass is 224 g/mol. The molecule has 86 valence electrons. The Hall–Kier alpha value is -1.62. The molecule has 0 saturated carbocycles. The number of halogens is 1. The van der Waals surface area contributed by atoms with Gasteiger partial charge >= 0.3 is 0 Å². The van der Waals surface area contributed by atoms with Gasteiger partial charge < -0.3 is 15.4 Å². The van der Waals surface area contributed by atoms with E-state index in [2.05, 4.69) is 0 Å². The highest BCUT2D eigenvalue weighted by molar-refractivity contribution is 5.99. The summed E-state index contributed by atoms with van der Waals surface area (Å²) in [5.41, 5.74) is 5.84. The Kier molecular flexibility index (Phi) is 2.78. The highest BCUT2D eigenvalue weighted by Crippen LogP contribution is 2.35. The number of rotatable bonds is 2. The largest absolute Gasteiger partial charge is 0.475 e. The molecule has 0 aromatic heterocycles. The Bertz CT molecular complexity index is 422. The van der Waals surface area contributed by atoms with Gasteiger partial charge in [-0.15, -0.1) is 0 Å². The van der Waals surface area contributed by atoms with Gasteiger partial charge in [0.1, 0.15) is 0 Å². The van der Waals surface area contributed by atoms with Gasteiger partial charge in [0.05, 0.1) is 5.69 Å². The fraction of sp³-hybridized carbons (Fsp3) is 0.364. The molecule has 0 bridgehead atoms. The molecule has 0 saturated heterocycles. The summed E-state index contributed by atoms with van der Waals surface area (Å²) < 4.78 is 18.8. The van der Waals surface area contributed by atoms with Crippen LogP contribution in [-0.4, -0.2) is 25.6 Å². The number of nitrogens with zero attached hydrogens (tertiary/aromatic N) is 1. The molecule has 1 aromatic carbocycles. The van der Waals surface area contributed by atoms with E-state index < -0.39 is 11.9 Å². The predicted octanol–water partition coefficient (Wildman–Crippen LogP) is 0.898. The molecule has 1 aromatic rings. The lowest BCUT2D eigenvalue weighted by molar-refractivity contribution is -0.126. The molecular formula is C11H13FN2O2. The molecule has 4 nitrogen and oxygen atoms in total. The Morgan fingerprint density at radius 3 is 3.00 bits per heavy atom. The molecule has 16 heavy (non-hydrogen) atoms. The molecule has 1 atom stereocenters. The van der Waals surface area contributed by atoms with E-state index in [1.807, 2.05) is 0 Å². The Morgan fingerprint density at radius 2 is 2.31 bits per heavy atom. The average molecular weight is 224 g/mol. The van der Waals surface area contributed by atoms with E-state index >= 15 is 0 Å². The number of carbonyl (C=O) groups excluding carboxylic acids is 1. The standard InChI is InChI=1S/C11H13FN2O2/c1-14-8-4-2-3-7(12)10(8)16-9(5-6-13)11(14)15/h2-4,9H,5-6,13H2,1H3. The van der Waals surface area contributed by atoms with Crippen molar-refractivity contribution < 1.29 is 13.9 Å². The lowest BCUT2D eigenvalue weighted by atomic mass is 10.1. The lowest BCUT2D eigenvalue weighted by Gasteiger charge is -2.31. The molecule has 1 aliphatic heterocycles. The minimum Gasteiger partial charge on any atom is -0.475 e. The summed E-state index contributed by atoms with van der Waals surface area (Å²) in [7, 11) is 1.60. The van der Waals surface area contributed by atoms with Crippen LogP contribution in [0.2, 0.25) is 0 Å². The summed E-state index contributed by atoms with van der Waals surface area (Å²) in [6.07, 6.45) is -0.295. The first-order chi connectivity index (χ1) is 7.65. The molecule has 1 unspecified atom stereocenters. The van der Waals surface area contributed by atoms with Crippen LogP contribution >= 0.6 is 0 Å². The summed E-state index contributed by atoms with van der Waals surface area (Å²) in [5.74, 6) is -0.523. The van der Waals surface area contributed by atoms with Crippen molar-refractivity contribution in [3.63, 3.8) is 0 Å². The van der Waals surface area contributed by atoms with Crippen LogP contribution in [0.1, 0.15) is 6.42 Å². The maximum atomic E-state index is 13.5.